The average molecular weight is 197 g/mol. The standard InChI is InChI=1S/C11H19NO2/c13-11(14)8-4-2-1-3-6-10-7-5-9-12-10/h3,6,10,12H,1-2,4-5,7-9H2,(H,13,14)/t10-/m1/s1. The number of hydrogen-bond donors (Lipinski definition) is 2. The number of nitrogens with one attached hydrogen (secondary N) is 1. The van der Waals surface area contributed by atoms with Gasteiger partial charge in [-0.3, -0.25) is 4.79 Å². The molecule has 0 amide bonds. The van der Waals surface area contributed by atoms with Crippen LogP contribution in [0.3, 0.4) is 0 Å². The molecule has 2 N–H and O–H groups in total. The van der Waals surface area contributed by atoms with Gasteiger partial charge in [0, 0.05) is 12.5 Å². The van der Waals surface area contributed by atoms with Gasteiger partial charge in [0.1, 0.15) is 0 Å². The SMILES string of the molecule is O=C(O)CCCCC=C[C@@H]1CCCN1. The van der Waals surface area contributed by atoms with E-state index in [2.05, 4.69) is 17.5 Å². The van der Waals surface area contributed by atoms with E-state index in [0.29, 0.717) is 12.5 Å². The van der Waals surface area contributed by atoms with Crippen LogP contribution in [0, 0.1) is 0 Å². The van der Waals surface area contributed by atoms with Crippen molar-refractivity contribution in [2.45, 2.75) is 44.6 Å². The van der Waals surface area contributed by atoms with Crippen molar-refractivity contribution in [2.24, 2.45) is 0 Å². The topological polar surface area (TPSA) is 49.3 Å². The first-order chi connectivity index (χ1) is 6.79. The lowest BCUT2D eigenvalue weighted by molar-refractivity contribution is -0.137. The summed E-state index contributed by atoms with van der Waals surface area (Å²) < 4.78 is 0. The van der Waals surface area contributed by atoms with Crippen LogP contribution in [-0.2, 0) is 4.79 Å². The lowest BCUT2D eigenvalue weighted by Crippen LogP contribution is -2.18. The molecule has 0 aromatic heterocycles. The van der Waals surface area contributed by atoms with E-state index in [9.17, 15) is 4.79 Å². The summed E-state index contributed by atoms with van der Waals surface area (Å²) in [5.41, 5.74) is 0. The molecule has 0 bridgehead atoms. The number of aliphatic carboxylic acids is 1. The number of carbonyl (C=O) groups is 1. The van der Waals surface area contributed by atoms with Gasteiger partial charge in [0.05, 0.1) is 0 Å². The van der Waals surface area contributed by atoms with Crippen molar-refractivity contribution in [1.29, 1.82) is 0 Å². The van der Waals surface area contributed by atoms with Crippen LogP contribution in [0.2, 0.25) is 0 Å². The Morgan fingerprint density at radius 3 is 3.00 bits per heavy atom. The summed E-state index contributed by atoms with van der Waals surface area (Å²) in [4.78, 5) is 10.2. The molecular weight excluding hydrogens is 178 g/mol. The Labute approximate surface area is 85.2 Å². The maximum Gasteiger partial charge on any atom is 0.303 e. The van der Waals surface area contributed by atoms with Gasteiger partial charge >= 0.3 is 5.97 Å². The van der Waals surface area contributed by atoms with Gasteiger partial charge in [0.2, 0.25) is 0 Å². The molecule has 1 aliphatic heterocycles. The van der Waals surface area contributed by atoms with Crippen molar-refractivity contribution < 1.29 is 9.90 Å². The maximum absolute atomic E-state index is 10.2. The van der Waals surface area contributed by atoms with E-state index in [1.807, 2.05) is 0 Å². The summed E-state index contributed by atoms with van der Waals surface area (Å²) in [5.74, 6) is -0.688. The zero-order chi connectivity index (χ0) is 10.2. The van der Waals surface area contributed by atoms with E-state index in [4.69, 9.17) is 5.11 Å². The fourth-order valence-electron chi connectivity index (χ4n) is 1.67. The first-order valence-corrected chi connectivity index (χ1v) is 5.41. The molecule has 0 radical (unpaired) electrons. The van der Waals surface area contributed by atoms with Crippen LogP contribution in [0.15, 0.2) is 12.2 Å². The normalized spacial score (nSPS) is 21.9. The van der Waals surface area contributed by atoms with Crippen LogP contribution < -0.4 is 5.32 Å². The fourth-order valence-corrected chi connectivity index (χ4v) is 1.67. The van der Waals surface area contributed by atoms with E-state index >= 15 is 0 Å². The van der Waals surface area contributed by atoms with E-state index in [1.54, 1.807) is 0 Å². The quantitative estimate of drug-likeness (QED) is 0.505. The second-order valence-electron chi connectivity index (χ2n) is 3.77. The Morgan fingerprint density at radius 2 is 2.36 bits per heavy atom. The number of carboxylic acids is 1. The predicted molar refractivity (Wildman–Crippen MR) is 56.3 cm³/mol. The minimum absolute atomic E-state index is 0.301. The summed E-state index contributed by atoms with van der Waals surface area (Å²) in [6.07, 6.45) is 9.98. The first-order valence-electron chi connectivity index (χ1n) is 5.41. The molecule has 1 fully saturated rings. The molecule has 1 atom stereocenters. The Balaban J connectivity index is 1.94. The molecule has 0 spiro atoms. The van der Waals surface area contributed by atoms with Crippen LogP contribution in [-0.4, -0.2) is 23.7 Å². The van der Waals surface area contributed by atoms with Crippen molar-refractivity contribution in [3.8, 4) is 0 Å². The molecule has 14 heavy (non-hydrogen) atoms. The monoisotopic (exact) mass is 197 g/mol. The van der Waals surface area contributed by atoms with E-state index < -0.39 is 5.97 Å². The van der Waals surface area contributed by atoms with Gasteiger partial charge in [-0.1, -0.05) is 12.2 Å². The highest BCUT2D eigenvalue weighted by Gasteiger charge is 2.08. The van der Waals surface area contributed by atoms with E-state index in [-0.39, 0.29) is 0 Å². The Kier molecular flexibility index (Phi) is 5.30. The summed E-state index contributed by atoms with van der Waals surface area (Å²) in [7, 11) is 0. The van der Waals surface area contributed by atoms with Crippen molar-refractivity contribution in [1.82, 2.24) is 5.32 Å². The molecule has 0 aliphatic carbocycles. The second-order valence-corrected chi connectivity index (χ2v) is 3.77. The van der Waals surface area contributed by atoms with Crippen molar-refractivity contribution in [3.63, 3.8) is 0 Å². The van der Waals surface area contributed by atoms with Gasteiger partial charge < -0.3 is 10.4 Å². The lowest BCUT2D eigenvalue weighted by Gasteiger charge is -2.01. The van der Waals surface area contributed by atoms with Gasteiger partial charge in [-0.05, 0) is 38.6 Å². The molecule has 80 valence electrons. The fraction of sp³-hybridized carbons (Fsp3) is 0.727. The van der Waals surface area contributed by atoms with Crippen molar-refractivity contribution >= 4 is 5.97 Å². The summed E-state index contributed by atoms with van der Waals surface area (Å²) in [5, 5.41) is 11.8. The Morgan fingerprint density at radius 1 is 1.50 bits per heavy atom. The number of unbranched alkanes of at least 4 members (excludes halogenated alkanes) is 2. The summed E-state index contributed by atoms with van der Waals surface area (Å²) >= 11 is 0. The second kappa shape index (κ2) is 6.60. The molecule has 1 aliphatic rings. The summed E-state index contributed by atoms with van der Waals surface area (Å²) in [6, 6.07) is 0.564. The van der Waals surface area contributed by atoms with Crippen LogP contribution in [0.25, 0.3) is 0 Å². The summed E-state index contributed by atoms with van der Waals surface area (Å²) in [6.45, 7) is 1.13. The van der Waals surface area contributed by atoms with Crippen molar-refractivity contribution in [3.05, 3.63) is 12.2 Å². The molecule has 1 rings (SSSR count). The van der Waals surface area contributed by atoms with Gasteiger partial charge in [-0.2, -0.15) is 0 Å². The van der Waals surface area contributed by atoms with Gasteiger partial charge in [0.15, 0.2) is 0 Å². The number of hydrogen-bond acceptors (Lipinski definition) is 2. The van der Waals surface area contributed by atoms with E-state index in [0.717, 1.165) is 25.8 Å². The van der Waals surface area contributed by atoms with Crippen LogP contribution >= 0.6 is 0 Å². The average Bonchev–Trinajstić information content (AvgIpc) is 2.63. The van der Waals surface area contributed by atoms with Crippen LogP contribution in [0.1, 0.15) is 38.5 Å². The van der Waals surface area contributed by atoms with Crippen LogP contribution in [0.4, 0.5) is 0 Å². The first kappa shape index (κ1) is 11.2. The van der Waals surface area contributed by atoms with Gasteiger partial charge in [-0.25, -0.2) is 0 Å². The number of rotatable bonds is 6. The smallest absolute Gasteiger partial charge is 0.303 e. The van der Waals surface area contributed by atoms with E-state index in [1.165, 1.54) is 12.8 Å². The number of allylic oxidation sites excluding steroid dienone is 1. The molecular formula is C11H19NO2. The van der Waals surface area contributed by atoms with Crippen molar-refractivity contribution in [2.75, 3.05) is 6.54 Å². The third-order valence-electron chi connectivity index (χ3n) is 2.48. The highest BCUT2D eigenvalue weighted by atomic mass is 16.4. The van der Waals surface area contributed by atoms with Gasteiger partial charge in [-0.15, -0.1) is 0 Å². The lowest BCUT2D eigenvalue weighted by atomic mass is 10.1. The Bertz CT molecular complexity index is 195. The van der Waals surface area contributed by atoms with Gasteiger partial charge in [0.25, 0.3) is 0 Å². The third kappa shape index (κ3) is 5.02. The minimum atomic E-state index is -0.688. The molecule has 3 heteroatoms. The minimum Gasteiger partial charge on any atom is -0.481 e. The molecule has 0 saturated carbocycles. The molecule has 1 heterocycles. The zero-order valence-electron chi connectivity index (χ0n) is 8.54. The molecule has 0 unspecified atom stereocenters. The Hall–Kier alpha value is -0.830. The highest BCUT2D eigenvalue weighted by Crippen LogP contribution is 2.07. The third-order valence-corrected chi connectivity index (χ3v) is 2.48. The molecule has 3 nitrogen and oxygen atoms in total. The zero-order valence-corrected chi connectivity index (χ0v) is 8.54. The largest absolute Gasteiger partial charge is 0.481 e. The van der Waals surface area contributed by atoms with Crippen LogP contribution in [0.5, 0.6) is 0 Å². The molecule has 0 aromatic carbocycles. The highest BCUT2D eigenvalue weighted by molar-refractivity contribution is 5.66. The maximum atomic E-state index is 10.2. The predicted octanol–water partition coefficient (Wildman–Crippen LogP) is 1.94. The number of carboxylic acid groups (broad SMARTS) is 1. The molecule has 1 saturated heterocycles. The molecule has 0 aromatic rings.